The van der Waals surface area contributed by atoms with Gasteiger partial charge in [0.15, 0.2) is 0 Å². The summed E-state index contributed by atoms with van der Waals surface area (Å²) in [4.78, 5) is 0. The van der Waals surface area contributed by atoms with Crippen LogP contribution in [0.4, 0.5) is 5.69 Å². The molecule has 0 fully saturated rings. The van der Waals surface area contributed by atoms with Crippen molar-refractivity contribution < 1.29 is 8.42 Å². The van der Waals surface area contributed by atoms with Gasteiger partial charge in [-0.25, -0.2) is 8.42 Å². The largest absolute Gasteiger partial charge is 0.286 e. The van der Waals surface area contributed by atoms with Crippen LogP contribution in [0.5, 0.6) is 0 Å². The van der Waals surface area contributed by atoms with Crippen molar-refractivity contribution in [1.29, 1.82) is 0 Å². The molecule has 0 unspecified atom stereocenters. The van der Waals surface area contributed by atoms with E-state index in [1.165, 1.54) is 0 Å². The van der Waals surface area contributed by atoms with E-state index < -0.39 is 10.9 Å². The van der Waals surface area contributed by atoms with Crippen molar-refractivity contribution >= 4 is 27.4 Å². The second kappa shape index (κ2) is 3.67. The molecule has 2 aromatic rings. The minimum absolute atomic E-state index is 0.597. The molecule has 3 nitrogen and oxygen atoms in total. The number of hydrogen-bond acceptors (Lipinski definition) is 2. The number of nitrogens with one attached hydrogen (secondary N) is 1. The second-order valence-corrected chi connectivity index (χ2v) is 3.67. The lowest BCUT2D eigenvalue weighted by molar-refractivity contribution is 0.619. The molecule has 0 atom stereocenters. The van der Waals surface area contributed by atoms with Gasteiger partial charge in [-0.15, -0.1) is 0 Å². The number of thiol groups is 1. The molecule has 0 bridgehead atoms. The zero-order chi connectivity index (χ0) is 9.97. The number of fused-ring (bicyclic) bond motifs is 1. The van der Waals surface area contributed by atoms with Crippen molar-refractivity contribution in [2.45, 2.75) is 0 Å². The van der Waals surface area contributed by atoms with E-state index in [1.54, 1.807) is 12.1 Å². The maximum atomic E-state index is 10.4. The minimum atomic E-state index is -2.58. The molecule has 0 aliphatic carbocycles. The first kappa shape index (κ1) is 9.02. The lowest BCUT2D eigenvalue weighted by Crippen LogP contribution is -1.93. The molecule has 0 aliphatic heterocycles. The van der Waals surface area contributed by atoms with Crippen LogP contribution in [-0.2, 0) is 10.9 Å². The molecule has 0 aromatic heterocycles. The Morgan fingerprint density at radius 3 is 2.36 bits per heavy atom. The number of anilines is 1. The Morgan fingerprint density at radius 2 is 1.64 bits per heavy atom. The van der Waals surface area contributed by atoms with E-state index in [2.05, 4.69) is 4.72 Å². The fraction of sp³-hybridized carbons (Fsp3) is 0. The number of benzene rings is 2. The van der Waals surface area contributed by atoms with E-state index in [1.807, 2.05) is 30.3 Å². The highest BCUT2D eigenvalue weighted by Crippen LogP contribution is 2.18. The highest BCUT2D eigenvalue weighted by atomic mass is 32.2. The van der Waals surface area contributed by atoms with Crippen LogP contribution in [0.3, 0.4) is 0 Å². The van der Waals surface area contributed by atoms with Gasteiger partial charge < -0.3 is 0 Å². The normalized spacial score (nSPS) is 10.6. The SMILES string of the molecule is O=[SH](=O)Nc1ccc2ccccc2c1. The maximum Gasteiger partial charge on any atom is 0.222 e. The third-order valence-corrected chi connectivity index (χ3v) is 2.41. The quantitative estimate of drug-likeness (QED) is 0.737. The van der Waals surface area contributed by atoms with Gasteiger partial charge in [-0.2, -0.15) is 0 Å². The molecule has 0 aliphatic rings. The van der Waals surface area contributed by atoms with E-state index in [0.29, 0.717) is 5.69 Å². The second-order valence-electron chi connectivity index (χ2n) is 2.93. The van der Waals surface area contributed by atoms with Gasteiger partial charge in [-0.05, 0) is 22.9 Å². The van der Waals surface area contributed by atoms with Crippen LogP contribution in [0.25, 0.3) is 10.8 Å². The molecular formula is C10H9NO2S. The molecule has 2 rings (SSSR count). The van der Waals surface area contributed by atoms with Gasteiger partial charge in [0.05, 0.1) is 0 Å². The van der Waals surface area contributed by atoms with Crippen LogP contribution in [0.1, 0.15) is 0 Å². The molecule has 0 saturated carbocycles. The standard InChI is InChI=1S/C10H9NO2S/c12-14(13)11-10-6-5-8-3-1-2-4-9(8)7-10/h1-7,14H,(H,11,12,13). The fourth-order valence-corrected chi connectivity index (χ4v) is 1.71. The van der Waals surface area contributed by atoms with E-state index in [-0.39, 0.29) is 0 Å². The van der Waals surface area contributed by atoms with Crippen LogP contribution < -0.4 is 4.72 Å². The molecule has 14 heavy (non-hydrogen) atoms. The molecule has 0 radical (unpaired) electrons. The molecule has 72 valence electrons. The summed E-state index contributed by atoms with van der Waals surface area (Å²) in [7, 11) is -2.58. The Hall–Kier alpha value is -1.55. The highest BCUT2D eigenvalue weighted by Gasteiger charge is 1.94. The van der Waals surface area contributed by atoms with Crippen molar-refractivity contribution in [2.75, 3.05) is 4.72 Å². The number of hydrogen-bond donors (Lipinski definition) is 2. The summed E-state index contributed by atoms with van der Waals surface area (Å²) in [5.74, 6) is 0. The Morgan fingerprint density at radius 1 is 0.929 bits per heavy atom. The summed E-state index contributed by atoms with van der Waals surface area (Å²) in [6, 6.07) is 13.2. The first-order valence-corrected chi connectivity index (χ1v) is 5.33. The summed E-state index contributed by atoms with van der Waals surface area (Å²) < 4.78 is 23.2. The molecule has 0 spiro atoms. The van der Waals surface area contributed by atoms with Gasteiger partial charge in [0.1, 0.15) is 0 Å². The van der Waals surface area contributed by atoms with Gasteiger partial charge in [-0.1, -0.05) is 30.3 Å². The summed E-state index contributed by atoms with van der Waals surface area (Å²) in [5.41, 5.74) is 0.597. The Balaban J connectivity index is 2.51. The molecule has 0 saturated heterocycles. The summed E-state index contributed by atoms with van der Waals surface area (Å²) in [5, 5.41) is 2.12. The smallest absolute Gasteiger partial charge is 0.222 e. The van der Waals surface area contributed by atoms with E-state index >= 15 is 0 Å². The summed E-state index contributed by atoms with van der Waals surface area (Å²) >= 11 is 0. The first-order chi connectivity index (χ1) is 6.75. The van der Waals surface area contributed by atoms with Crippen molar-refractivity contribution in [3.8, 4) is 0 Å². The van der Waals surface area contributed by atoms with Gasteiger partial charge >= 0.3 is 0 Å². The summed E-state index contributed by atoms with van der Waals surface area (Å²) in [6.45, 7) is 0. The fourth-order valence-electron chi connectivity index (χ4n) is 1.36. The average Bonchev–Trinajstić information content (AvgIpc) is 2.17. The molecule has 4 heteroatoms. The van der Waals surface area contributed by atoms with E-state index in [9.17, 15) is 8.42 Å². The van der Waals surface area contributed by atoms with Gasteiger partial charge in [0.2, 0.25) is 10.9 Å². The van der Waals surface area contributed by atoms with E-state index in [4.69, 9.17) is 0 Å². The zero-order valence-electron chi connectivity index (χ0n) is 7.31. The molecule has 2 aromatic carbocycles. The maximum absolute atomic E-state index is 10.4. The van der Waals surface area contributed by atoms with Crippen LogP contribution in [0.2, 0.25) is 0 Å². The minimum Gasteiger partial charge on any atom is -0.286 e. The van der Waals surface area contributed by atoms with Crippen LogP contribution in [0.15, 0.2) is 42.5 Å². The molecule has 1 N–H and O–H groups in total. The first-order valence-electron chi connectivity index (χ1n) is 4.15. The van der Waals surface area contributed by atoms with Crippen molar-refractivity contribution in [2.24, 2.45) is 0 Å². The molecular weight excluding hydrogens is 198 g/mol. The van der Waals surface area contributed by atoms with Crippen molar-refractivity contribution in [1.82, 2.24) is 0 Å². The predicted octanol–water partition coefficient (Wildman–Crippen LogP) is 1.78. The third-order valence-electron chi connectivity index (χ3n) is 1.97. The Bertz CT molecular complexity index is 526. The van der Waals surface area contributed by atoms with Crippen molar-refractivity contribution in [3.05, 3.63) is 42.5 Å². The highest BCUT2D eigenvalue weighted by molar-refractivity contribution is 7.73. The topological polar surface area (TPSA) is 46.2 Å². The van der Waals surface area contributed by atoms with Crippen molar-refractivity contribution in [3.63, 3.8) is 0 Å². The van der Waals surface area contributed by atoms with Crippen LogP contribution in [-0.4, -0.2) is 8.42 Å². The lowest BCUT2D eigenvalue weighted by atomic mass is 10.1. The molecule has 0 amide bonds. The lowest BCUT2D eigenvalue weighted by Gasteiger charge is -2.01. The third kappa shape index (κ3) is 1.85. The zero-order valence-corrected chi connectivity index (χ0v) is 8.20. The molecule has 0 heterocycles. The van der Waals surface area contributed by atoms with Gasteiger partial charge in [0, 0.05) is 5.69 Å². The number of rotatable bonds is 2. The summed E-state index contributed by atoms with van der Waals surface area (Å²) in [6.07, 6.45) is 0. The predicted molar refractivity (Wildman–Crippen MR) is 57.9 cm³/mol. The van der Waals surface area contributed by atoms with Crippen LogP contribution in [0, 0.1) is 0 Å². The van der Waals surface area contributed by atoms with Gasteiger partial charge in [0.25, 0.3) is 0 Å². The Labute approximate surface area is 83.5 Å². The van der Waals surface area contributed by atoms with Gasteiger partial charge in [-0.3, -0.25) is 4.72 Å². The van der Waals surface area contributed by atoms with E-state index in [0.717, 1.165) is 10.8 Å². The average molecular weight is 207 g/mol. The van der Waals surface area contributed by atoms with Crippen LogP contribution >= 0.6 is 0 Å². The monoisotopic (exact) mass is 207 g/mol. The Kier molecular flexibility index (Phi) is 2.37.